The number of hydrogen-bond donors (Lipinski definition) is 2. The number of aryl methyl sites for hydroxylation is 1. The molecule has 0 radical (unpaired) electrons. The van der Waals surface area contributed by atoms with E-state index in [9.17, 15) is 13.2 Å². The molecule has 0 atom stereocenters. The van der Waals surface area contributed by atoms with E-state index in [2.05, 4.69) is 4.98 Å². The van der Waals surface area contributed by atoms with Crippen LogP contribution in [-0.4, -0.2) is 69.4 Å². The number of para-hydroxylation sites is 1. The molecule has 2 aliphatic rings. The van der Waals surface area contributed by atoms with Gasteiger partial charge in [-0.05, 0) is 25.1 Å². The molecule has 0 unspecified atom stereocenters. The third kappa shape index (κ3) is 3.76. The summed E-state index contributed by atoms with van der Waals surface area (Å²) in [5.41, 5.74) is 2.56. The van der Waals surface area contributed by atoms with E-state index in [0.29, 0.717) is 57.4 Å². The Morgan fingerprint density at radius 3 is 2.56 bits per heavy atom. The summed E-state index contributed by atoms with van der Waals surface area (Å²) < 4.78 is 38.8. The largest absolute Gasteiger partial charge is 0.486 e. The average molecular weight is 457 g/mol. The maximum atomic E-state index is 13.1. The van der Waals surface area contributed by atoms with Gasteiger partial charge in [0.2, 0.25) is 15.8 Å². The lowest BCUT2D eigenvalue weighted by molar-refractivity contribution is -0.895. The molecule has 9 heteroatoms. The summed E-state index contributed by atoms with van der Waals surface area (Å²) in [5, 5.41) is 0.939. The van der Waals surface area contributed by atoms with Gasteiger partial charge < -0.3 is 19.4 Å². The molecule has 168 valence electrons. The van der Waals surface area contributed by atoms with E-state index in [0.717, 1.165) is 27.1 Å². The minimum Gasteiger partial charge on any atom is -0.486 e. The molecule has 0 bridgehead atoms. The normalized spacial score (nSPS) is 17.5. The van der Waals surface area contributed by atoms with Crippen LogP contribution in [-0.2, 0) is 10.0 Å². The van der Waals surface area contributed by atoms with Crippen LogP contribution < -0.4 is 14.4 Å². The molecular formula is C23H26N3O5S+. The van der Waals surface area contributed by atoms with Crippen molar-refractivity contribution in [1.82, 2.24) is 9.29 Å². The van der Waals surface area contributed by atoms with Crippen LogP contribution in [0.3, 0.4) is 0 Å². The number of fused-ring (bicyclic) bond motifs is 2. The zero-order valence-electron chi connectivity index (χ0n) is 17.9. The lowest BCUT2D eigenvalue weighted by atomic mass is 10.1. The van der Waals surface area contributed by atoms with Crippen molar-refractivity contribution in [3.05, 3.63) is 53.7 Å². The maximum Gasteiger partial charge on any atom is 0.243 e. The zero-order valence-corrected chi connectivity index (χ0v) is 18.7. The molecule has 2 aliphatic heterocycles. The van der Waals surface area contributed by atoms with E-state index in [1.165, 1.54) is 10.4 Å². The van der Waals surface area contributed by atoms with Crippen molar-refractivity contribution in [3.63, 3.8) is 0 Å². The zero-order chi connectivity index (χ0) is 22.3. The number of carbonyl (C=O) groups is 1. The van der Waals surface area contributed by atoms with Crippen LogP contribution in [0, 0.1) is 6.92 Å². The number of rotatable bonds is 5. The topological polar surface area (TPSA) is 93.1 Å². The molecular weight excluding hydrogens is 430 g/mol. The Morgan fingerprint density at radius 2 is 1.78 bits per heavy atom. The lowest BCUT2D eigenvalue weighted by Crippen LogP contribution is -3.15. The number of aromatic nitrogens is 1. The standard InChI is InChI=1S/C23H25N3O5S/c1-16-23(18-4-2-3-5-19(18)24-16)20(27)15-25-8-10-26(11-9-25)32(28,29)17-6-7-21-22(14-17)31-13-12-30-21/h2-7,14,24H,8-13,15H2,1H3/p+1. The predicted octanol–water partition coefficient (Wildman–Crippen LogP) is 1.02. The van der Waals surface area contributed by atoms with E-state index in [1.54, 1.807) is 12.1 Å². The van der Waals surface area contributed by atoms with Crippen molar-refractivity contribution in [3.8, 4) is 11.5 Å². The van der Waals surface area contributed by atoms with Crippen LogP contribution in [0.5, 0.6) is 11.5 Å². The first kappa shape index (κ1) is 21.0. The van der Waals surface area contributed by atoms with Gasteiger partial charge in [-0.15, -0.1) is 0 Å². The van der Waals surface area contributed by atoms with Gasteiger partial charge in [-0.25, -0.2) is 8.42 Å². The van der Waals surface area contributed by atoms with Crippen molar-refractivity contribution < 1.29 is 27.6 Å². The molecule has 0 aliphatic carbocycles. The van der Waals surface area contributed by atoms with Gasteiger partial charge >= 0.3 is 0 Å². The van der Waals surface area contributed by atoms with Gasteiger partial charge in [0.15, 0.2) is 11.5 Å². The second kappa shape index (κ2) is 8.23. The molecule has 1 aromatic heterocycles. The summed E-state index contributed by atoms with van der Waals surface area (Å²) in [7, 11) is -3.63. The third-order valence-electron chi connectivity index (χ3n) is 6.16. The number of carbonyl (C=O) groups excluding carboxylic acids is 1. The first-order valence-corrected chi connectivity index (χ1v) is 12.2. The summed E-state index contributed by atoms with van der Waals surface area (Å²) in [6.07, 6.45) is 0. The number of aromatic amines is 1. The van der Waals surface area contributed by atoms with Crippen LogP contribution >= 0.6 is 0 Å². The lowest BCUT2D eigenvalue weighted by Gasteiger charge is -2.31. The summed E-state index contributed by atoms with van der Waals surface area (Å²) in [6, 6.07) is 12.5. The van der Waals surface area contributed by atoms with Crippen LogP contribution in [0.4, 0.5) is 0 Å². The van der Waals surface area contributed by atoms with Gasteiger partial charge in [-0.2, -0.15) is 4.31 Å². The Kier molecular flexibility index (Phi) is 5.40. The fourth-order valence-corrected chi connectivity index (χ4v) is 5.96. The Hall–Kier alpha value is -2.88. The number of nitrogens with zero attached hydrogens (tertiary/aromatic N) is 1. The van der Waals surface area contributed by atoms with Crippen molar-refractivity contribution in [2.75, 3.05) is 45.9 Å². The van der Waals surface area contributed by atoms with Crippen molar-refractivity contribution in [1.29, 1.82) is 0 Å². The minimum atomic E-state index is -3.63. The van der Waals surface area contributed by atoms with E-state index in [1.807, 2.05) is 31.2 Å². The van der Waals surface area contributed by atoms with Crippen LogP contribution in [0.1, 0.15) is 16.1 Å². The van der Waals surface area contributed by atoms with Crippen LogP contribution in [0.25, 0.3) is 10.9 Å². The minimum absolute atomic E-state index is 0.0816. The first-order valence-electron chi connectivity index (χ1n) is 10.8. The van der Waals surface area contributed by atoms with E-state index >= 15 is 0 Å². The molecule has 8 nitrogen and oxygen atoms in total. The second-order valence-electron chi connectivity index (χ2n) is 8.23. The average Bonchev–Trinajstić information content (AvgIpc) is 3.15. The number of nitrogens with one attached hydrogen (secondary N) is 2. The number of hydrogen-bond acceptors (Lipinski definition) is 5. The summed E-state index contributed by atoms with van der Waals surface area (Å²) >= 11 is 0. The Morgan fingerprint density at radius 1 is 1.06 bits per heavy atom. The Labute approximate surface area is 186 Å². The Bertz CT molecular complexity index is 1280. The molecule has 5 rings (SSSR count). The van der Waals surface area contributed by atoms with Crippen molar-refractivity contribution in [2.24, 2.45) is 0 Å². The van der Waals surface area contributed by atoms with Gasteiger partial charge in [-0.3, -0.25) is 4.79 Å². The Balaban J connectivity index is 1.26. The third-order valence-corrected chi connectivity index (χ3v) is 8.06. The van der Waals surface area contributed by atoms with Gasteiger partial charge in [0.25, 0.3) is 0 Å². The van der Waals surface area contributed by atoms with Gasteiger partial charge in [0, 0.05) is 22.7 Å². The first-order chi connectivity index (χ1) is 15.4. The maximum absolute atomic E-state index is 13.1. The van der Waals surface area contributed by atoms with Gasteiger partial charge in [0.05, 0.1) is 36.6 Å². The van der Waals surface area contributed by atoms with Crippen LogP contribution in [0.2, 0.25) is 0 Å². The number of ether oxygens (including phenoxy) is 2. The molecule has 3 heterocycles. The fraction of sp³-hybridized carbons (Fsp3) is 0.348. The van der Waals surface area contributed by atoms with E-state index < -0.39 is 10.0 Å². The highest BCUT2D eigenvalue weighted by Gasteiger charge is 2.32. The van der Waals surface area contributed by atoms with Crippen molar-refractivity contribution >= 4 is 26.7 Å². The molecule has 3 aromatic rings. The highest BCUT2D eigenvalue weighted by atomic mass is 32.2. The molecule has 2 aromatic carbocycles. The number of benzene rings is 2. The SMILES string of the molecule is Cc1[nH]c2ccccc2c1C(=O)C[NH+]1CCN(S(=O)(=O)c2ccc3c(c2)OCCO3)CC1. The number of piperazine rings is 1. The summed E-state index contributed by atoms with van der Waals surface area (Å²) in [6.45, 7) is 5.02. The quantitative estimate of drug-likeness (QED) is 0.560. The molecule has 1 fully saturated rings. The summed E-state index contributed by atoms with van der Waals surface area (Å²) in [4.78, 5) is 17.6. The molecule has 2 N–H and O–H groups in total. The number of sulfonamides is 1. The predicted molar refractivity (Wildman–Crippen MR) is 119 cm³/mol. The number of Topliss-reactive ketones (excluding diaryl/α,β-unsaturated/α-hetero) is 1. The fourth-order valence-electron chi connectivity index (χ4n) is 4.50. The number of ketones is 1. The summed E-state index contributed by atoms with van der Waals surface area (Å²) in [5.74, 6) is 1.11. The van der Waals surface area contributed by atoms with E-state index in [4.69, 9.17) is 9.47 Å². The van der Waals surface area contributed by atoms with Crippen molar-refractivity contribution in [2.45, 2.75) is 11.8 Å². The molecule has 0 saturated carbocycles. The van der Waals surface area contributed by atoms with E-state index in [-0.39, 0.29) is 10.7 Å². The highest BCUT2D eigenvalue weighted by molar-refractivity contribution is 7.89. The molecule has 0 spiro atoms. The molecule has 32 heavy (non-hydrogen) atoms. The smallest absolute Gasteiger partial charge is 0.243 e. The second-order valence-corrected chi connectivity index (χ2v) is 10.2. The van der Waals surface area contributed by atoms with Gasteiger partial charge in [0.1, 0.15) is 19.8 Å². The molecule has 0 amide bonds. The van der Waals surface area contributed by atoms with Crippen LogP contribution in [0.15, 0.2) is 47.4 Å². The number of quaternary nitrogens is 1. The molecule has 1 saturated heterocycles. The monoisotopic (exact) mass is 456 g/mol. The van der Waals surface area contributed by atoms with Gasteiger partial charge in [-0.1, -0.05) is 18.2 Å². The highest BCUT2D eigenvalue weighted by Crippen LogP contribution is 2.33. The number of H-pyrrole nitrogens is 1.